The monoisotopic (exact) mass is 816 g/mol. The van der Waals surface area contributed by atoms with Gasteiger partial charge in [-0.1, -0.05) is 115 Å². The number of rotatable bonds is 23. The van der Waals surface area contributed by atoms with E-state index in [4.69, 9.17) is 9.47 Å². The number of ether oxygens (including phenoxy) is 2. The van der Waals surface area contributed by atoms with E-state index in [2.05, 4.69) is 75.1 Å². The molecule has 0 saturated heterocycles. The van der Waals surface area contributed by atoms with Crippen LogP contribution in [0.15, 0.2) is 72.8 Å². The summed E-state index contributed by atoms with van der Waals surface area (Å²) in [4.78, 5) is 26.2. The minimum absolute atomic E-state index is 0.0182. The maximum Gasteiger partial charge on any atom is 0.356 e. The molecule has 0 amide bonds. The highest BCUT2D eigenvalue weighted by Crippen LogP contribution is 2.47. The Morgan fingerprint density at radius 1 is 0.564 bits per heavy atom. The van der Waals surface area contributed by atoms with Crippen LogP contribution in [0.2, 0.25) is 0 Å². The number of hydrogen-bond donors (Lipinski definition) is 2. The molecule has 5 nitrogen and oxygen atoms in total. The molecule has 294 valence electrons. The lowest BCUT2D eigenvalue weighted by molar-refractivity contribution is 0.299. The summed E-state index contributed by atoms with van der Waals surface area (Å²) in [5, 5.41) is 0.0182. The summed E-state index contributed by atoms with van der Waals surface area (Å²) < 4.78 is 25.2. The fraction of sp³-hybridized carbons (Fsp3) is 0.435. The first-order valence-electron chi connectivity index (χ1n) is 20.2. The Morgan fingerprint density at radius 2 is 1.07 bits per heavy atom. The lowest BCUT2D eigenvalue weighted by Crippen LogP contribution is -2.02. The molecule has 0 aliphatic rings. The molecule has 0 saturated carbocycles. The fourth-order valence-corrected chi connectivity index (χ4v) is 9.99. The average Bonchev–Trinajstić information content (AvgIpc) is 3.98. The molecule has 3 heterocycles. The van der Waals surface area contributed by atoms with Gasteiger partial charge in [-0.05, 0) is 85.5 Å². The van der Waals surface area contributed by atoms with Crippen LogP contribution in [0, 0.1) is 11.8 Å². The van der Waals surface area contributed by atoms with E-state index in [1.807, 2.05) is 12.1 Å². The van der Waals surface area contributed by atoms with Crippen molar-refractivity contribution in [1.82, 2.24) is 0 Å². The highest BCUT2D eigenvalue weighted by Gasteiger charge is 2.21. The van der Waals surface area contributed by atoms with Crippen LogP contribution in [-0.2, 0) is 4.57 Å². The molecular formula is C46H57O5PS3. The van der Waals surface area contributed by atoms with Crippen molar-refractivity contribution in [2.75, 3.05) is 13.2 Å². The van der Waals surface area contributed by atoms with Crippen molar-refractivity contribution in [3.63, 3.8) is 0 Å². The largest absolute Gasteiger partial charge is 0.493 e. The molecule has 5 rings (SSSR count). The molecule has 0 spiro atoms. The van der Waals surface area contributed by atoms with Gasteiger partial charge in [-0.15, -0.1) is 34.0 Å². The smallest absolute Gasteiger partial charge is 0.356 e. The zero-order valence-electron chi connectivity index (χ0n) is 32.7. The molecule has 5 aromatic rings. The molecule has 0 aliphatic heterocycles. The van der Waals surface area contributed by atoms with Gasteiger partial charge in [0.2, 0.25) is 0 Å². The third-order valence-corrected chi connectivity index (χ3v) is 14.0. The third-order valence-electron chi connectivity index (χ3n) is 9.52. The first kappa shape index (κ1) is 43.0. The molecule has 2 N–H and O–H groups in total. The first-order valence-corrected chi connectivity index (χ1v) is 24.3. The Labute approximate surface area is 341 Å². The van der Waals surface area contributed by atoms with Gasteiger partial charge in [0.05, 0.1) is 23.4 Å². The number of hydrogen-bond acceptors (Lipinski definition) is 6. The summed E-state index contributed by atoms with van der Waals surface area (Å²) in [6, 6.07) is 23.8. The highest BCUT2D eigenvalue weighted by molar-refractivity contribution is 7.60. The number of unbranched alkanes of at least 4 members (excludes halogenated alkanes) is 12. The van der Waals surface area contributed by atoms with Gasteiger partial charge in [-0.25, -0.2) is 0 Å². The molecule has 0 aliphatic carbocycles. The third kappa shape index (κ3) is 13.2. The van der Waals surface area contributed by atoms with Gasteiger partial charge in [-0.3, -0.25) is 4.57 Å². The van der Waals surface area contributed by atoms with Gasteiger partial charge in [0.15, 0.2) is 0 Å². The Bertz CT molecular complexity index is 2020. The van der Waals surface area contributed by atoms with Crippen molar-refractivity contribution in [2.45, 2.75) is 117 Å². The van der Waals surface area contributed by atoms with Crippen molar-refractivity contribution < 1.29 is 23.8 Å². The predicted molar refractivity (Wildman–Crippen MR) is 238 cm³/mol. The van der Waals surface area contributed by atoms with E-state index in [0.717, 1.165) is 79.8 Å². The van der Waals surface area contributed by atoms with Crippen molar-refractivity contribution in [3.05, 3.63) is 77.7 Å². The zero-order valence-corrected chi connectivity index (χ0v) is 36.1. The maximum absolute atomic E-state index is 12.0. The van der Waals surface area contributed by atoms with Gasteiger partial charge in [-0.2, -0.15) is 0 Å². The van der Waals surface area contributed by atoms with E-state index in [1.54, 1.807) is 46.1 Å². The lowest BCUT2D eigenvalue weighted by Gasteiger charge is -2.17. The van der Waals surface area contributed by atoms with Crippen molar-refractivity contribution in [3.8, 4) is 64.4 Å². The molecule has 0 radical (unpaired) electrons. The standard InChI is InChI=1S/C46H57O5PS3/c1-4-7-10-13-14-15-16-17-23-37-24-25-45(53-37)46-29-28-44(55-46)39-34-40(50-30-18-11-8-5-2)38(33-41(39)51-31-19-12-9-6-3)43-27-26-42(54-43)35-21-20-22-36(32-35)52(47,48)49/h20-22,24-29,32-34H,4-16,18-19,30-31H2,1-3H3,(H2,47,48,49). The zero-order chi connectivity index (χ0) is 38.9. The van der Waals surface area contributed by atoms with E-state index in [1.165, 1.54) is 80.0 Å². The van der Waals surface area contributed by atoms with Crippen molar-refractivity contribution >= 4 is 46.9 Å². The second-order valence-corrected chi connectivity index (χ2v) is 18.9. The van der Waals surface area contributed by atoms with Crippen LogP contribution in [0.1, 0.15) is 122 Å². The topological polar surface area (TPSA) is 76.0 Å². The van der Waals surface area contributed by atoms with Crippen LogP contribution >= 0.6 is 41.6 Å². The summed E-state index contributed by atoms with van der Waals surface area (Å²) in [5.74, 6) is 8.46. The van der Waals surface area contributed by atoms with Crippen molar-refractivity contribution in [2.24, 2.45) is 0 Å². The lowest BCUT2D eigenvalue weighted by atomic mass is 10.1. The normalized spacial score (nSPS) is 11.4. The van der Waals surface area contributed by atoms with Gasteiger partial charge in [0, 0.05) is 41.9 Å². The van der Waals surface area contributed by atoms with Crippen LogP contribution < -0.4 is 14.8 Å². The SMILES string of the molecule is CCCCCCCCC#Cc1ccc(-c2ccc(-c3cc(OCCCCCC)c(-c4ccc(-c5cccc(P(=O)(O)O)c5)s4)cc3OCCCCCC)s2)s1. The van der Waals surface area contributed by atoms with E-state index in [-0.39, 0.29) is 5.30 Å². The molecule has 0 atom stereocenters. The Balaban J connectivity index is 1.44. The van der Waals surface area contributed by atoms with E-state index in [0.29, 0.717) is 13.2 Å². The Morgan fingerprint density at radius 3 is 1.69 bits per heavy atom. The van der Waals surface area contributed by atoms with E-state index >= 15 is 0 Å². The molecule has 0 fully saturated rings. The summed E-state index contributed by atoms with van der Waals surface area (Å²) in [6.07, 6.45) is 17.6. The van der Waals surface area contributed by atoms with Crippen LogP contribution in [0.25, 0.3) is 41.1 Å². The Kier molecular flexibility index (Phi) is 17.6. The molecule has 0 bridgehead atoms. The van der Waals surface area contributed by atoms with Crippen LogP contribution in [0.3, 0.4) is 0 Å². The van der Waals surface area contributed by atoms with Crippen molar-refractivity contribution in [1.29, 1.82) is 0 Å². The van der Waals surface area contributed by atoms with Gasteiger partial charge in [0.25, 0.3) is 0 Å². The van der Waals surface area contributed by atoms with Gasteiger partial charge >= 0.3 is 7.60 Å². The number of benzene rings is 2. The predicted octanol–water partition coefficient (Wildman–Crippen LogP) is 14.4. The summed E-state index contributed by atoms with van der Waals surface area (Å²) >= 11 is 5.11. The first-order chi connectivity index (χ1) is 26.8. The molecular weight excluding hydrogens is 760 g/mol. The molecule has 55 heavy (non-hydrogen) atoms. The van der Waals surface area contributed by atoms with E-state index in [9.17, 15) is 14.4 Å². The molecule has 9 heteroatoms. The van der Waals surface area contributed by atoms with Crippen LogP contribution in [0.5, 0.6) is 11.5 Å². The second kappa shape index (κ2) is 22.6. The maximum atomic E-state index is 12.0. The molecule has 2 aromatic carbocycles. The average molecular weight is 817 g/mol. The summed E-state index contributed by atoms with van der Waals surface area (Å²) in [5.41, 5.74) is 2.76. The molecule has 3 aromatic heterocycles. The van der Waals surface area contributed by atoms with E-state index < -0.39 is 7.60 Å². The van der Waals surface area contributed by atoms with Gasteiger partial charge < -0.3 is 19.3 Å². The quantitative estimate of drug-likeness (QED) is 0.0390. The molecule has 0 unspecified atom stereocenters. The Hall–Kier alpha value is -3.15. The minimum atomic E-state index is -4.37. The fourth-order valence-electron chi connectivity index (χ4n) is 6.38. The van der Waals surface area contributed by atoms with Crippen LogP contribution in [-0.4, -0.2) is 23.0 Å². The summed E-state index contributed by atoms with van der Waals surface area (Å²) in [7, 11) is -4.37. The highest BCUT2D eigenvalue weighted by atomic mass is 32.1. The van der Waals surface area contributed by atoms with Crippen LogP contribution in [0.4, 0.5) is 0 Å². The minimum Gasteiger partial charge on any atom is -0.493 e. The number of thiophene rings is 3. The summed E-state index contributed by atoms with van der Waals surface area (Å²) in [6.45, 7) is 7.95. The van der Waals surface area contributed by atoms with Gasteiger partial charge in [0.1, 0.15) is 11.5 Å². The second-order valence-electron chi connectivity index (χ2n) is 14.1.